The normalized spacial score (nSPS) is 15.7. The molecule has 0 aliphatic carbocycles. The number of nitrogens with one attached hydrogen (secondary N) is 1. The number of alkyl halides is 2. The van der Waals surface area contributed by atoms with Gasteiger partial charge in [0, 0.05) is 23.5 Å². The quantitative estimate of drug-likeness (QED) is 0.521. The topological polar surface area (TPSA) is 63.9 Å². The van der Waals surface area contributed by atoms with E-state index in [0.717, 1.165) is 26.6 Å². The van der Waals surface area contributed by atoms with E-state index in [1.54, 1.807) is 36.4 Å². The first-order chi connectivity index (χ1) is 15.4. The number of hydrogen-bond donors (Lipinski definition) is 1. The third-order valence-electron chi connectivity index (χ3n) is 5.51. The van der Waals surface area contributed by atoms with Crippen molar-refractivity contribution in [3.05, 3.63) is 70.0 Å². The molecular formula is C23H24F2N2O4S. The maximum Gasteiger partial charge on any atom is 0.387 e. The van der Waals surface area contributed by atoms with Crippen molar-refractivity contribution in [2.24, 2.45) is 0 Å². The number of aryl methyl sites for hydroxylation is 1. The van der Waals surface area contributed by atoms with E-state index in [1.807, 2.05) is 13.8 Å². The molecule has 170 valence electrons. The summed E-state index contributed by atoms with van der Waals surface area (Å²) >= 11 is 1.51. The number of ether oxygens (including phenoxy) is 2. The smallest absolute Gasteiger partial charge is 0.387 e. The second-order valence-corrected chi connectivity index (χ2v) is 8.68. The first-order valence-corrected chi connectivity index (χ1v) is 11.1. The van der Waals surface area contributed by atoms with E-state index in [-0.39, 0.29) is 23.5 Å². The first-order valence-electron chi connectivity index (χ1n) is 10.3. The number of rotatable bonds is 7. The molecule has 1 atom stereocenters. The van der Waals surface area contributed by atoms with Gasteiger partial charge in [-0.05, 0) is 49.2 Å². The number of morpholine rings is 1. The second-order valence-electron chi connectivity index (χ2n) is 7.46. The molecule has 1 aromatic carbocycles. The monoisotopic (exact) mass is 462 g/mol. The van der Waals surface area contributed by atoms with E-state index in [4.69, 9.17) is 9.15 Å². The Hall–Kier alpha value is -2.75. The summed E-state index contributed by atoms with van der Waals surface area (Å²) in [5.74, 6) is 0.0176. The van der Waals surface area contributed by atoms with Crippen LogP contribution in [0.15, 0.2) is 47.1 Å². The van der Waals surface area contributed by atoms with Gasteiger partial charge in [-0.3, -0.25) is 9.69 Å². The Balaban J connectivity index is 1.73. The fourth-order valence-electron chi connectivity index (χ4n) is 3.87. The summed E-state index contributed by atoms with van der Waals surface area (Å²) < 4.78 is 40.5. The summed E-state index contributed by atoms with van der Waals surface area (Å²) in [5.41, 5.74) is 2.98. The van der Waals surface area contributed by atoms with Crippen molar-refractivity contribution in [3.63, 3.8) is 0 Å². The van der Waals surface area contributed by atoms with Crippen LogP contribution in [-0.2, 0) is 4.74 Å². The lowest BCUT2D eigenvalue weighted by molar-refractivity contribution is -0.0498. The molecule has 1 aliphatic heterocycles. The molecule has 1 saturated heterocycles. The SMILES string of the molecule is Cc1sc(NC(=O)c2ccco2)c([C@H](c2ccc(OC(F)F)cc2)N2CCOCC2)c1C. The van der Waals surface area contributed by atoms with Gasteiger partial charge in [0.05, 0.1) is 25.5 Å². The largest absolute Gasteiger partial charge is 0.459 e. The molecule has 6 nitrogen and oxygen atoms in total. The van der Waals surface area contributed by atoms with E-state index >= 15 is 0 Å². The molecule has 0 spiro atoms. The fourth-order valence-corrected chi connectivity index (χ4v) is 4.95. The van der Waals surface area contributed by atoms with Crippen molar-refractivity contribution >= 4 is 22.2 Å². The minimum absolute atomic E-state index is 0.106. The van der Waals surface area contributed by atoms with Crippen LogP contribution in [0.3, 0.4) is 0 Å². The van der Waals surface area contributed by atoms with Crippen LogP contribution in [0, 0.1) is 13.8 Å². The van der Waals surface area contributed by atoms with Gasteiger partial charge in [0.15, 0.2) is 5.76 Å². The zero-order valence-corrected chi connectivity index (χ0v) is 18.6. The molecule has 1 amide bonds. The second kappa shape index (κ2) is 9.81. The Morgan fingerprint density at radius 2 is 1.88 bits per heavy atom. The number of amides is 1. The van der Waals surface area contributed by atoms with Gasteiger partial charge in [0.25, 0.3) is 5.91 Å². The zero-order chi connectivity index (χ0) is 22.7. The van der Waals surface area contributed by atoms with Gasteiger partial charge < -0.3 is 19.2 Å². The molecule has 1 fully saturated rings. The van der Waals surface area contributed by atoms with E-state index < -0.39 is 6.61 Å². The molecule has 0 saturated carbocycles. The highest BCUT2D eigenvalue weighted by Gasteiger charge is 2.30. The van der Waals surface area contributed by atoms with E-state index in [1.165, 1.54) is 17.6 Å². The number of halogens is 2. The Kier molecular flexibility index (Phi) is 6.88. The molecular weight excluding hydrogens is 438 g/mol. The van der Waals surface area contributed by atoms with Crippen LogP contribution in [0.2, 0.25) is 0 Å². The number of nitrogens with zero attached hydrogens (tertiary/aromatic N) is 1. The number of carbonyl (C=O) groups excluding carboxylic acids is 1. The number of benzene rings is 1. The molecule has 0 unspecified atom stereocenters. The lowest BCUT2D eigenvalue weighted by atomic mass is 9.94. The maximum absolute atomic E-state index is 12.7. The summed E-state index contributed by atoms with van der Waals surface area (Å²) in [5, 5.41) is 3.75. The van der Waals surface area contributed by atoms with Crippen molar-refractivity contribution in [1.29, 1.82) is 0 Å². The van der Waals surface area contributed by atoms with Crippen molar-refractivity contribution in [2.45, 2.75) is 26.5 Å². The van der Waals surface area contributed by atoms with Crippen LogP contribution in [0.25, 0.3) is 0 Å². The third-order valence-corrected chi connectivity index (χ3v) is 6.65. The average Bonchev–Trinajstić information content (AvgIpc) is 3.40. The predicted octanol–water partition coefficient (Wildman–Crippen LogP) is 5.23. The van der Waals surface area contributed by atoms with E-state index in [9.17, 15) is 13.6 Å². The van der Waals surface area contributed by atoms with E-state index in [0.29, 0.717) is 26.3 Å². The number of furan rings is 1. The Labute approximate surface area is 188 Å². The molecule has 0 bridgehead atoms. The molecule has 9 heteroatoms. The van der Waals surface area contributed by atoms with Crippen molar-refractivity contribution in [2.75, 3.05) is 31.6 Å². The number of hydrogen-bond acceptors (Lipinski definition) is 6. The average molecular weight is 463 g/mol. The number of anilines is 1. The van der Waals surface area contributed by atoms with Crippen molar-refractivity contribution < 1.29 is 27.5 Å². The van der Waals surface area contributed by atoms with Crippen LogP contribution in [-0.4, -0.2) is 43.7 Å². The molecule has 2 aromatic heterocycles. The summed E-state index contributed by atoms with van der Waals surface area (Å²) in [6, 6.07) is 9.78. The van der Waals surface area contributed by atoms with Gasteiger partial charge in [0.2, 0.25) is 0 Å². The molecule has 1 aliphatic rings. The highest BCUT2D eigenvalue weighted by Crippen LogP contribution is 2.43. The van der Waals surface area contributed by atoms with Crippen LogP contribution in [0.4, 0.5) is 13.8 Å². The van der Waals surface area contributed by atoms with Crippen LogP contribution >= 0.6 is 11.3 Å². The molecule has 0 radical (unpaired) electrons. The zero-order valence-electron chi connectivity index (χ0n) is 17.8. The molecule has 32 heavy (non-hydrogen) atoms. The number of carbonyl (C=O) groups is 1. The first kappa shape index (κ1) is 22.4. The van der Waals surface area contributed by atoms with Gasteiger partial charge in [-0.1, -0.05) is 12.1 Å². The van der Waals surface area contributed by atoms with Crippen LogP contribution in [0.5, 0.6) is 5.75 Å². The number of thiophene rings is 1. The van der Waals surface area contributed by atoms with Gasteiger partial charge in [-0.25, -0.2) is 0 Å². The lowest BCUT2D eigenvalue weighted by Crippen LogP contribution is -2.39. The predicted molar refractivity (Wildman–Crippen MR) is 118 cm³/mol. The standard InChI is InChI=1S/C23H24F2N2O4S/c1-14-15(2)32-22(26-21(28)18-4-3-11-30-18)19(14)20(27-9-12-29-13-10-27)16-5-7-17(8-6-16)31-23(24)25/h3-8,11,20,23H,9-10,12-13H2,1-2H3,(H,26,28)/t20-/m0/s1. The third kappa shape index (κ3) is 4.85. The van der Waals surface area contributed by atoms with Crippen molar-refractivity contribution in [3.8, 4) is 5.75 Å². The molecule has 1 N–H and O–H groups in total. The molecule has 4 rings (SSSR count). The molecule has 3 aromatic rings. The Morgan fingerprint density at radius 3 is 2.50 bits per heavy atom. The van der Waals surface area contributed by atoms with Crippen LogP contribution < -0.4 is 10.1 Å². The highest BCUT2D eigenvalue weighted by atomic mass is 32.1. The minimum atomic E-state index is -2.87. The Bertz CT molecular complexity index is 1040. The highest BCUT2D eigenvalue weighted by molar-refractivity contribution is 7.16. The summed E-state index contributed by atoms with van der Waals surface area (Å²) in [4.78, 5) is 16.1. The van der Waals surface area contributed by atoms with Crippen molar-refractivity contribution in [1.82, 2.24) is 4.90 Å². The Morgan fingerprint density at radius 1 is 1.16 bits per heavy atom. The fraction of sp³-hybridized carbons (Fsp3) is 0.348. The summed E-state index contributed by atoms with van der Waals surface area (Å²) in [6.45, 7) is 3.78. The molecule has 3 heterocycles. The minimum Gasteiger partial charge on any atom is -0.459 e. The van der Waals surface area contributed by atoms with E-state index in [2.05, 4.69) is 15.0 Å². The lowest BCUT2D eigenvalue weighted by Gasteiger charge is -2.35. The van der Waals surface area contributed by atoms with Gasteiger partial charge in [-0.15, -0.1) is 11.3 Å². The van der Waals surface area contributed by atoms with Gasteiger partial charge >= 0.3 is 6.61 Å². The maximum atomic E-state index is 12.7. The summed E-state index contributed by atoms with van der Waals surface area (Å²) in [7, 11) is 0. The summed E-state index contributed by atoms with van der Waals surface area (Å²) in [6.07, 6.45) is 1.46. The van der Waals surface area contributed by atoms with Crippen LogP contribution in [0.1, 0.15) is 38.2 Å². The van der Waals surface area contributed by atoms with Gasteiger partial charge in [-0.2, -0.15) is 8.78 Å². The van der Waals surface area contributed by atoms with Gasteiger partial charge in [0.1, 0.15) is 10.8 Å².